The van der Waals surface area contributed by atoms with E-state index in [9.17, 15) is 0 Å². The highest BCUT2D eigenvalue weighted by Crippen LogP contribution is 2.24. The molecule has 1 aromatic carbocycles. The fourth-order valence-electron chi connectivity index (χ4n) is 1.79. The third-order valence-corrected chi connectivity index (χ3v) is 4.28. The first-order valence-corrected chi connectivity index (χ1v) is 7.78. The summed E-state index contributed by atoms with van der Waals surface area (Å²) < 4.78 is 2.21. The van der Waals surface area contributed by atoms with Gasteiger partial charge < -0.3 is 5.32 Å². The molecule has 0 saturated carbocycles. The molecule has 1 atom stereocenters. The van der Waals surface area contributed by atoms with E-state index in [1.807, 2.05) is 28.5 Å². The lowest BCUT2D eigenvalue weighted by atomic mass is 10.2. The van der Waals surface area contributed by atoms with E-state index in [-0.39, 0.29) is 0 Å². The summed E-state index contributed by atoms with van der Waals surface area (Å²) in [5.74, 6) is 1.08. The Bertz CT molecular complexity index is 531. The number of aromatic nitrogens is 3. The van der Waals surface area contributed by atoms with E-state index in [0.717, 1.165) is 17.1 Å². The molecule has 0 aliphatic rings. The van der Waals surface area contributed by atoms with Crippen LogP contribution >= 0.6 is 11.8 Å². The summed E-state index contributed by atoms with van der Waals surface area (Å²) in [6, 6.07) is 8.72. The molecule has 108 valence electrons. The van der Waals surface area contributed by atoms with Gasteiger partial charge in [0.15, 0.2) is 0 Å². The largest absolute Gasteiger partial charge is 0.382 e. The van der Waals surface area contributed by atoms with Gasteiger partial charge in [0.05, 0.1) is 5.69 Å². The second-order valence-electron chi connectivity index (χ2n) is 5.89. The van der Waals surface area contributed by atoms with E-state index in [1.165, 1.54) is 0 Å². The van der Waals surface area contributed by atoms with Crippen LogP contribution in [0.3, 0.4) is 0 Å². The Kier molecular flexibility index (Phi) is 4.70. The fourth-order valence-corrected chi connectivity index (χ4v) is 2.62. The zero-order valence-corrected chi connectivity index (χ0v) is 13.3. The van der Waals surface area contributed by atoms with Gasteiger partial charge in [0.2, 0.25) is 0 Å². The molecule has 0 amide bonds. The minimum Gasteiger partial charge on any atom is -0.382 e. The van der Waals surface area contributed by atoms with Crippen molar-refractivity contribution in [3.05, 3.63) is 36.9 Å². The Labute approximate surface area is 125 Å². The standard InChI is InChI=1S/C15H22N4S/c1-12(9-20-15(2,3)4)18-13-6-5-7-14(8-13)19-10-16-17-11-19/h5-8,10-12,18H,9H2,1-4H3/t12-/m1/s1. The summed E-state index contributed by atoms with van der Waals surface area (Å²) in [7, 11) is 0. The lowest BCUT2D eigenvalue weighted by molar-refractivity contribution is 0.794. The second kappa shape index (κ2) is 6.31. The Hall–Kier alpha value is -1.49. The Morgan fingerprint density at radius 2 is 1.95 bits per heavy atom. The van der Waals surface area contributed by atoms with Crippen LogP contribution in [0.1, 0.15) is 27.7 Å². The summed E-state index contributed by atoms with van der Waals surface area (Å²) in [6.45, 7) is 8.95. The maximum atomic E-state index is 3.83. The van der Waals surface area contributed by atoms with E-state index < -0.39 is 0 Å². The quantitative estimate of drug-likeness (QED) is 0.913. The molecule has 1 N–H and O–H groups in total. The van der Waals surface area contributed by atoms with Crippen molar-refractivity contribution in [2.24, 2.45) is 0 Å². The van der Waals surface area contributed by atoms with Gasteiger partial charge in [-0.15, -0.1) is 10.2 Å². The maximum Gasteiger partial charge on any atom is 0.123 e. The van der Waals surface area contributed by atoms with Crippen LogP contribution in [0.25, 0.3) is 5.69 Å². The molecular weight excluding hydrogens is 268 g/mol. The number of hydrogen-bond acceptors (Lipinski definition) is 4. The molecule has 1 heterocycles. The van der Waals surface area contributed by atoms with Crippen molar-refractivity contribution < 1.29 is 0 Å². The number of rotatable bonds is 5. The van der Waals surface area contributed by atoms with Gasteiger partial charge in [-0.2, -0.15) is 11.8 Å². The van der Waals surface area contributed by atoms with Crippen molar-refractivity contribution in [3.63, 3.8) is 0 Å². The van der Waals surface area contributed by atoms with Gasteiger partial charge in [-0.3, -0.25) is 4.57 Å². The first-order chi connectivity index (χ1) is 9.44. The third kappa shape index (κ3) is 4.56. The first-order valence-electron chi connectivity index (χ1n) is 6.79. The molecule has 0 aliphatic carbocycles. The normalized spacial score (nSPS) is 13.2. The summed E-state index contributed by atoms with van der Waals surface area (Å²) >= 11 is 1.98. The Balaban J connectivity index is 1.98. The van der Waals surface area contributed by atoms with Crippen molar-refractivity contribution in [1.29, 1.82) is 0 Å². The van der Waals surface area contributed by atoms with Crippen LogP contribution in [0, 0.1) is 0 Å². The van der Waals surface area contributed by atoms with Gasteiger partial charge in [0, 0.05) is 22.2 Å². The molecule has 2 aromatic rings. The average Bonchev–Trinajstić information content (AvgIpc) is 2.90. The van der Waals surface area contributed by atoms with Gasteiger partial charge in [-0.1, -0.05) is 26.8 Å². The number of benzene rings is 1. The van der Waals surface area contributed by atoms with E-state index in [2.05, 4.69) is 55.3 Å². The van der Waals surface area contributed by atoms with Gasteiger partial charge >= 0.3 is 0 Å². The number of thioether (sulfide) groups is 1. The highest BCUT2D eigenvalue weighted by molar-refractivity contribution is 8.00. The topological polar surface area (TPSA) is 42.7 Å². The van der Waals surface area contributed by atoms with Crippen molar-refractivity contribution in [3.8, 4) is 5.69 Å². The average molecular weight is 290 g/mol. The molecule has 2 rings (SSSR count). The molecule has 20 heavy (non-hydrogen) atoms. The number of anilines is 1. The molecule has 0 radical (unpaired) electrons. The van der Waals surface area contributed by atoms with Gasteiger partial charge in [-0.05, 0) is 25.1 Å². The predicted octanol–water partition coefficient (Wildman–Crippen LogP) is 3.60. The van der Waals surface area contributed by atoms with Crippen LogP contribution in [0.5, 0.6) is 0 Å². The van der Waals surface area contributed by atoms with Crippen LogP contribution in [0.4, 0.5) is 5.69 Å². The Morgan fingerprint density at radius 3 is 2.60 bits per heavy atom. The summed E-state index contributed by atoms with van der Waals surface area (Å²) in [5, 5.41) is 11.2. The minimum atomic E-state index is 0.306. The van der Waals surface area contributed by atoms with E-state index in [0.29, 0.717) is 10.8 Å². The highest BCUT2D eigenvalue weighted by atomic mass is 32.2. The molecule has 1 aromatic heterocycles. The van der Waals surface area contributed by atoms with Gasteiger partial charge in [0.1, 0.15) is 12.7 Å². The van der Waals surface area contributed by atoms with Crippen LogP contribution in [-0.2, 0) is 0 Å². The molecule has 0 saturated heterocycles. The van der Waals surface area contributed by atoms with Crippen LogP contribution in [0.15, 0.2) is 36.9 Å². The molecule has 0 aliphatic heterocycles. The van der Waals surface area contributed by atoms with Crippen LogP contribution < -0.4 is 5.32 Å². The zero-order chi connectivity index (χ0) is 14.6. The molecule has 0 unspecified atom stereocenters. The number of hydrogen-bond donors (Lipinski definition) is 1. The zero-order valence-electron chi connectivity index (χ0n) is 12.5. The van der Waals surface area contributed by atoms with E-state index >= 15 is 0 Å². The smallest absolute Gasteiger partial charge is 0.123 e. The summed E-state index contributed by atoms with van der Waals surface area (Å²) in [5.41, 5.74) is 2.19. The number of nitrogens with zero attached hydrogens (tertiary/aromatic N) is 3. The van der Waals surface area contributed by atoms with Crippen LogP contribution in [-0.4, -0.2) is 31.3 Å². The molecule has 0 bridgehead atoms. The van der Waals surface area contributed by atoms with Crippen molar-refractivity contribution in [2.75, 3.05) is 11.1 Å². The van der Waals surface area contributed by atoms with E-state index in [1.54, 1.807) is 12.7 Å². The number of nitrogens with one attached hydrogen (secondary N) is 1. The minimum absolute atomic E-state index is 0.306. The summed E-state index contributed by atoms with van der Waals surface area (Å²) in [6.07, 6.45) is 3.41. The molecule has 0 spiro atoms. The lowest BCUT2D eigenvalue weighted by Crippen LogP contribution is -2.21. The first kappa shape index (κ1) is 14.9. The molecule has 4 nitrogen and oxygen atoms in total. The van der Waals surface area contributed by atoms with Crippen LogP contribution in [0.2, 0.25) is 0 Å². The third-order valence-electron chi connectivity index (χ3n) is 2.74. The van der Waals surface area contributed by atoms with Gasteiger partial charge in [0.25, 0.3) is 0 Å². The lowest BCUT2D eigenvalue weighted by Gasteiger charge is -2.22. The molecule has 0 fully saturated rings. The second-order valence-corrected chi connectivity index (χ2v) is 7.73. The summed E-state index contributed by atoms with van der Waals surface area (Å²) in [4.78, 5) is 0. The van der Waals surface area contributed by atoms with Gasteiger partial charge in [-0.25, -0.2) is 0 Å². The van der Waals surface area contributed by atoms with Crippen molar-refractivity contribution in [1.82, 2.24) is 14.8 Å². The molecule has 5 heteroatoms. The Morgan fingerprint density at radius 1 is 1.25 bits per heavy atom. The van der Waals surface area contributed by atoms with E-state index in [4.69, 9.17) is 0 Å². The maximum absolute atomic E-state index is 3.83. The predicted molar refractivity (Wildman–Crippen MR) is 86.7 cm³/mol. The fraction of sp³-hybridized carbons (Fsp3) is 0.467. The molecular formula is C15H22N4S. The SMILES string of the molecule is C[C@H](CSC(C)(C)C)Nc1cccc(-n2cnnc2)c1. The van der Waals surface area contributed by atoms with Crippen molar-refractivity contribution >= 4 is 17.4 Å². The highest BCUT2D eigenvalue weighted by Gasteiger charge is 2.13. The monoisotopic (exact) mass is 290 g/mol. The van der Waals surface area contributed by atoms with Crippen molar-refractivity contribution in [2.45, 2.75) is 38.5 Å².